The predicted octanol–water partition coefficient (Wildman–Crippen LogP) is 2.97. The first-order chi connectivity index (χ1) is 13.6. The lowest BCUT2D eigenvalue weighted by Gasteiger charge is -2.33. The van der Waals surface area contributed by atoms with Gasteiger partial charge in [-0.2, -0.15) is 5.10 Å². The van der Waals surface area contributed by atoms with Crippen LogP contribution in [0, 0.1) is 0 Å². The maximum absolute atomic E-state index is 13.1. The Morgan fingerprint density at radius 2 is 2.11 bits per heavy atom. The van der Waals surface area contributed by atoms with E-state index in [0.717, 1.165) is 27.2 Å². The molecule has 0 aromatic carbocycles. The highest BCUT2D eigenvalue weighted by atomic mass is 79.9. The van der Waals surface area contributed by atoms with Crippen LogP contribution in [0.1, 0.15) is 29.3 Å². The Hall–Kier alpha value is -3.07. The van der Waals surface area contributed by atoms with Gasteiger partial charge in [-0.1, -0.05) is 0 Å². The summed E-state index contributed by atoms with van der Waals surface area (Å²) in [5, 5.41) is 13.1. The normalized spacial score (nSPS) is 16.4. The minimum atomic E-state index is -0.198. The zero-order valence-electron chi connectivity index (χ0n) is 15.0. The molecule has 0 bridgehead atoms. The third kappa shape index (κ3) is 2.70. The van der Waals surface area contributed by atoms with Crippen molar-refractivity contribution in [3.05, 3.63) is 64.9 Å². The molecule has 1 atom stereocenters. The van der Waals surface area contributed by atoms with Gasteiger partial charge in [-0.25, -0.2) is 4.52 Å². The summed E-state index contributed by atoms with van der Waals surface area (Å²) in [4.78, 5) is 19.1. The Balaban J connectivity index is 1.46. The van der Waals surface area contributed by atoms with Crippen LogP contribution in [0.25, 0.3) is 16.9 Å². The lowest BCUT2D eigenvalue weighted by Crippen LogP contribution is -2.41. The molecule has 1 amide bonds. The fourth-order valence-corrected chi connectivity index (χ4v) is 3.91. The molecule has 8 nitrogen and oxygen atoms in total. The molecule has 28 heavy (non-hydrogen) atoms. The van der Waals surface area contributed by atoms with Crippen LogP contribution in [0.2, 0.25) is 0 Å². The molecule has 4 aromatic heterocycles. The van der Waals surface area contributed by atoms with Gasteiger partial charge in [0, 0.05) is 41.7 Å². The number of amides is 1. The fraction of sp³-hybridized carbons (Fsp3) is 0.211. The van der Waals surface area contributed by atoms with Crippen molar-refractivity contribution in [3.63, 3.8) is 0 Å². The first kappa shape index (κ1) is 17.1. The van der Waals surface area contributed by atoms with Crippen LogP contribution in [0.3, 0.4) is 0 Å². The predicted molar refractivity (Wildman–Crippen MR) is 106 cm³/mol. The number of nitrogens with zero attached hydrogens (tertiary/aromatic N) is 7. The molecule has 5 heterocycles. The molecule has 0 saturated heterocycles. The van der Waals surface area contributed by atoms with Gasteiger partial charge >= 0.3 is 0 Å². The van der Waals surface area contributed by atoms with E-state index in [1.807, 2.05) is 43.5 Å². The number of carbonyl (C=O) groups excluding carboxylic acids is 1. The Bertz CT molecular complexity index is 1180. The van der Waals surface area contributed by atoms with Crippen molar-refractivity contribution >= 4 is 27.4 Å². The van der Waals surface area contributed by atoms with Gasteiger partial charge in [0.2, 0.25) is 0 Å². The second kappa shape index (κ2) is 6.52. The SMILES string of the molecule is CC1c2nnc(-c3cccnc3)n2CCN1C(=O)c1cc2ccc(Br)cn2n1. The number of hydrogen-bond donors (Lipinski definition) is 0. The highest BCUT2D eigenvalue weighted by Gasteiger charge is 2.33. The van der Waals surface area contributed by atoms with Crippen LogP contribution in [0.15, 0.2) is 53.4 Å². The van der Waals surface area contributed by atoms with E-state index in [2.05, 4.69) is 40.8 Å². The zero-order valence-corrected chi connectivity index (χ0v) is 16.6. The average molecular weight is 438 g/mol. The van der Waals surface area contributed by atoms with E-state index in [4.69, 9.17) is 0 Å². The Labute approximate surface area is 169 Å². The van der Waals surface area contributed by atoms with E-state index >= 15 is 0 Å². The van der Waals surface area contributed by atoms with E-state index in [1.165, 1.54) is 0 Å². The third-order valence-electron chi connectivity index (χ3n) is 5.01. The van der Waals surface area contributed by atoms with E-state index in [-0.39, 0.29) is 11.9 Å². The standard InChI is InChI=1S/C19H16BrN7O/c1-12-17-22-23-18(13-3-2-6-21-10-13)26(17)8-7-25(12)19(28)16-9-15-5-4-14(20)11-27(15)24-16/h2-6,9-12H,7-8H2,1H3. The second-order valence-electron chi connectivity index (χ2n) is 6.70. The molecular formula is C19H16BrN7O. The third-order valence-corrected chi connectivity index (χ3v) is 5.48. The number of fused-ring (bicyclic) bond motifs is 2. The zero-order chi connectivity index (χ0) is 19.3. The van der Waals surface area contributed by atoms with Crippen molar-refractivity contribution in [1.29, 1.82) is 0 Å². The maximum Gasteiger partial charge on any atom is 0.275 e. The van der Waals surface area contributed by atoms with Crippen molar-refractivity contribution in [2.45, 2.75) is 19.5 Å². The fourth-order valence-electron chi connectivity index (χ4n) is 3.58. The molecule has 5 rings (SSSR count). The van der Waals surface area contributed by atoms with Crippen LogP contribution in [0.5, 0.6) is 0 Å². The number of hydrogen-bond acceptors (Lipinski definition) is 5. The lowest BCUT2D eigenvalue weighted by atomic mass is 10.1. The van der Waals surface area contributed by atoms with Crippen LogP contribution in [0.4, 0.5) is 0 Å². The number of carbonyl (C=O) groups is 1. The van der Waals surface area contributed by atoms with Crippen molar-refractivity contribution in [2.75, 3.05) is 6.54 Å². The summed E-state index contributed by atoms with van der Waals surface area (Å²) < 4.78 is 4.67. The van der Waals surface area contributed by atoms with Gasteiger partial charge in [0.05, 0.1) is 11.6 Å². The highest BCUT2D eigenvalue weighted by Crippen LogP contribution is 2.29. The molecule has 0 fully saturated rings. The van der Waals surface area contributed by atoms with Gasteiger partial charge in [-0.3, -0.25) is 9.78 Å². The summed E-state index contributed by atoms with van der Waals surface area (Å²) in [6.45, 7) is 3.16. The van der Waals surface area contributed by atoms with Crippen molar-refractivity contribution in [2.24, 2.45) is 0 Å². The maximum atomic E-state index is 13.1. The molecule has 0 radical (unpaired) electrons. The van der Waals surface area contributed by atoms with Gasteiger partial charge in [-0.05, 0) is 53.2 Å². The second-order valence-corrected chi connectivity index (χ2v) is 7.61. The van der Waals surface area contributed by atoms with Gasteiger partial charge in [-0.15, -0.1) is 10.2 Å². The van der Waals surface area contributed by atoms with Gasteiger partial charge in [0.15, 0.2) is 17.3 Å². The van der Waals surface area contributed by atoms with Gasteiger partial charge in [0.25, 0.3) is 5.91 Å². The quantitative estimate of drug-likeness (QED) is 0.481. The minimum Gasteiger partial charge on any atom is -0.325 e. The Morgan fingerprint density at radius 1 is 1.21 bits per heavy atom. The molecule has 140 valence electrons. The molecule has 1 aliphatic heterocycles. The van der Waals surface area contributed by atoms with E-state index in [0.29, 0.717) is 18.8 Å². The summed E-state index contributed by atoms with van der Waals surface area (Å²) in [5.74, 6) is 1.44. The van der Waals surface area contributed by atoms with E-state index in [9.17, 15) is 4.79 Å². The van der Waals surface area contributed by atoms with Crippen molar-refractivity contribution < 1.29 is 4.79 Å². The number of pyridine rings is 2. The van der Waals surface area contributed by atoms with Crippen LogP contribution >= 0.6 is 15.9 Å². The monoisotopic (exact) mass is 437 g/mol. The summed E-state index contributed by atoms with van der Waals surface area (Å²) in [6.07, 6.45) is 5.34. The van der Waals surface area contributed by atoms with Gasteiger partial charge < -0.3 is 9.47 Å². The highest BCUT2D eigenvalue weighted by molar-refractivity contribution is 9.10. The average Bonchev–Trinajstić information content (AvgIpc) is 3.32. The summed E-state index contributed by atoms with van der Waals surface area (Å²) in [5.41, 5.74) is 2.21. The molecule has 4 aromatic rings. The molecule has 0 saturated carbocycles. The van der Waals surface area contributed by atoms with Crippen LogP contribution in [-0.4, -0.2) is 46.7 Å². The number of aromatic nitrogens is 6. The molecule has 1 unspecified atom stereocenters. The summed E-state index contributed by atoms with van der Waals surface area (Å²) in [6, 6.07) is 9.29. The Kier molecular flexibility index (Phi) is 3.97. The largest absolute Gasteiger partial charge is 0.325 e. The first-order valence-electron chi connectivity index (χ1n) is 8.91. The lowest BCUT2D eigenvalue weighted by molar-refractivity contribution is 0.0632. The molecular weight excluding hydrogens is 422 g/mol. The smallest absolute Gasteiger partial charge is 0.275 e. The van der Waals surface area contributed by atoms with E-state index in [1.54, 1.807) is 21.8 Å². The van der Waals surface area contributed by atoms with Crippen molar-refractivity contribution in [3.8, 4) is 11.4 Å². The van der Waals surface area contributed by atoms with Crippen LogP contribution in [-0.2, 0) is 6.54 Å². The molecule has 1 aliphatic rings. The minimum absolute atomic E-state index is 0.107. The number of rotatable bonds is 2. The molecule has 9 heteroatoms. The summed E-state index contributed by atoms with van der Waals surface area (Å²) in [7, 11) is 0. The first-order valence-corrected chi connectivity index (χ1v) is 9.70. The van der Waals surface area contributed by atoms with Crippen molar-refractivity contribution in [1.82, 2.24) is 34.3 Å². The topological polar surface area (TPSA) is 81.2 Å². The number of halogens is 1. The molecule has 0 N–H and O–H groups in total. The molecule has 0 aliphatic carbocycles. The van der Waals surface area contributed by atoms with Gasteiger partial charge in [0.1, 0.15) is 0 Å². The van der Waals surface area contributed by atoms with E-state index < -0.39 is 0 Å². The summed E-state index contributed by atoms with van der Waals surface area (Å²) >= 11 is 3.43. The Morgan fingerprint density at radius 3 is 2.93 bits per heavy atom. The molecule has 0 spiro atoms. The van der Waals surface area contributed by atoms with Crippen LogP contribution < -0.4 is 0 Å².